The van der Waals surface area contributed by atoms with Crippen molar-refractivity contribution < 1.29 is 9.53 Å². The number of ether oxygens (including phenoxy) is 1. The number of carbonyl (C=O) groups is 1. The summed E-state index contributed by atoms with van der Waals surface area (Å²) in [5, 5.41) is 3.27. The molecule has 0 bridgehead atoms. The van der Waals surface area contributed by atoms with Crippen molar-refractivity contribution in [2.45, 2.75) is 65.0 Å². The lowest BCUT2D eigenvalue weighted by molar-refractivity contribution is 0.0171. The van der Waals surface area contributed by atoms with Gasteiger partial charge < -0.3 is 20.7 Å². The van der Waals surface area contributed by atoms with Gasteiger partial charge in [0.05, 0.1) is 0 Å². The number of piperidine rings is 1. The number of likely N-dealkylation sites (N-methyl/N-ethyl adjacent to an activating group) is 1. The molecular formula is C19H38IN5O2. The molecular weight excluding hydrogens is 457 g/mol. The highest BCUT2D eigenvalue weighted by Crippen LogP contribution is 2.19. The van der Waals surface area contributed by atoms with Crippen LogP contribution in [0.5, 0.6) is 0 Å². The van der Waals surface area contributed by atoms with E-state index in [-0.39, 0.29) is 30.1 Å². The number of nitrogens with zero attached hydrogens (tertiary/aromatic N) is 3. The third-order valence-corrected chi connectivity index (χ3v) is 5.11. The summed E-state index contributed by atoms with van der Waals surface area (Å²) >= 11 is 0. The third-order valence-electron chi connectivity index (χ3n) is 5.11. The number of hydrogen-bond donors (Lipinski definition) is 2. The van der Waals surface area contributed by atoms with E-state index in [1.807, 2.05) is 20.8 Å². The van der Waals surface area contributed by atoms with Crippen LogP contribution in [0.3, 0.4) is 0 Å². The fourth-order valence-electron chi connectivity index (χ4n) is 3.75. The summed E-state index contributed by atoms with van der Waals surface area (Å²) in [6.45, 7) is 13.1. The van der Waals surface area contributed by atoms with Crippen LogP contribution >= 0.6 is 24.0 Å². The Hall–Kier alpha value is -0.770. The van der Waals surface area contributed by atoms with Crippen LogP contribution in [0.15, 0.2) is 4.99 Å². The predicted octanol–water partition coefficient (Wildman–Crippen LogP) is 2.64. The molecule has 2 rings (SSSR count). The van der Waals surface area contributed by atoms with Crippen LogP contribution in [-0.2, 0) is 4.74 Å². The van der Waals surface area contributed by atoms with Gasteiger partial charge in [-0.2, -0.15) is 0 Å². The molecule has 2 unspecified atom stereocenters. The quantitative estimate of drug-likeness (QED) is 0.348. The molecule has 158 valence electrons. The van der Waals surface area contributed by atoms with E-state index in [2.05, 4.69) is 22.1 Å². The number of nitrogens with two attached hydrogens (primary N) is 1. The first kappa shape index (κ1) is 24.3. The highest BCUT2D eigenvalue weighted by atomic mass is 127. The molecule has 0 aromatic rings. The highest BCUT2D eigenvalue weighted by Gasteiger charge is 2.27. The summed E-state index contributed by atoms with van der Waals surface area (Å²) in [7, 11) is 0. The summed E-state index contributed by atoms with van der Waals surface area (Å²) < 4.78 is 5.48. The summed E-state index contributed by atoms with van der Waals surface area (Å²) in [5.74, 6) is 0.859. The first-order valence-corrected chi connectivity index (χ1v) is 10.0. The van der Waals surface area contributed by atoms with Gasteiger partial charge in [0.1, 0.15) is 5.60 Å². The minimum Gasteiger partial charge on any atom is -0.444 e. The maximum Gasteiger partial charge on any atom is 0.410 e. The Bertz CT molecular complexity index is 495. The van der Waals surface area contributed by atoms with Gasteiger partial charge in [-0.25, -0.2) is 4.79 Å². The Balaban J connectivity index is 0.00000364. The summed E-state index contributed by atoms with van der Waals surface area (Å²) in [6.07, 6.45) is 4.32. The van der Waals surface area contributed by atoms with E-state index in [1.165, 1.54) is 19.4 Å². The van der Waals surface area contributed by atoms with Gasteiger partial charge in [-0.15, -0.1) is 24.0 Å². The zero-order chi connectivity index (χ0) is 19.2. The minimum atomic E-state index is -0.455. The number of carbonyl (C=O) groups excluding carboxylic acids is 1. The molecule has 0 aliphatic carbocycles. The maximum absolute atomic E-state index is 12.2. The normalized spacial score (nSPS) is 24.4. The molecule has 0 saturated carbocycles. The fraction of sp³-hybridized carbons (Fsp3) is 0.895. The molecule has 27 heavy (non-hydrogen) atoms. The molecule has 7 nitrogen and oxygen atoms in total. The first-order valence-electron chi connectivity index (χ1n) is 10.0. The number of amides is 1. The molecule has 2 fully saturated rings. The molecule has 2 saturated heterocycles. The molecule has 2 aliphatic rings. The summed E-state index contributed by atoms with van der Waals surface area (Å²) in [6, 6.07) is 0.561. The average molecular weight is 495 g/mol. The number of aliphatic imine (C=N–C) groups is 1. The van der Waals surface area contributed by atoms with E-state index in [4.69, 9.17) is 10.5 Å². The minimum absolute atomic E-state index is 0. The molecule has 2 aliphatic heterocycles. The molecule has 1 amide bonds. The number of hydrogen-bond acceptors (Lipinski definition) is 4. The third kappa shape index (κ3) is 8.41. The summed E-state index contributed by atoms with van der Waals surface area (Å²) in [4.78, 5) is 21.0. The Kier molecular flexibility index (Phi) is 10.1. The lowest BCUT2D eigenvalue weighted by Gasteiger charge is -2.33. The van der Waals surface area contributed by atoms with Crippen molar-refractivity contribution in [1.82, 2.24) is 15.1 Å². The monoisotopic (exact) mass is 495 g/mol. The molecule has 0 spiro atoms. The molecule has 0 radical (unpaired) electrons. The van der Waals surface area contributed by atoms with Gasteiger partial charge >= 0.3 is 6.09 Å². The van der Waals surface area contributed by atoms with Crippen LogP contribution in [0.25, 0.3) is 0 Å². The zero-order valence-electron chi connectivity index (χ0n) is 17.4. The van der Waals surface area contributed by atoms with Crippen molar-refractivity contribution in [3.63, 3.8) is 0 Å². The second-order valence-corrected chi connectivity index (χ2v) is 8.47. The van der Waals surface area contributed by atoms with Crippen LogP contribution < -0.4 is 11.1 Å². The standard InChI is InChI=1S/C19H37N5O2.HI/c1-5-23-10-7-9-16(23)13-22-17(20)21-12-15-8-6-11-24(14-15)18(25)26-19(2,3)4;/h15-16H,5-14H2,1-4H3,(H3,20,21,22);1H. The van der Waals surface area contributed by atoms with E-state index >= 15 is 0 Å². The molecule has 0 aromatic heterocycles. The van der Waals surface area contributed by atoms with E-state index in [9.17, 15) is 4.79 Å². The van der Waals surface area contributed by atoms with E-state index in [0.717, 1.165) is 32.5 Å². The average Bonchev–Trinajstić information content (AvgIpc) is 3.04. The van der Waals surface area contributed by atoms with E-state index in [1.54, 1.807) is 4.90 Å². The van der Waals surface area contributed by atoms with Crippen LogP contribution in [0.1, 0.15) is 53.4 Å². The number of halogens is 1. The van der Waals surface area contributed by atoms with Crippen molar-refractivity contribution in [1.29, 1.82) is 0 Å². The van der Waals surface area contributed by atoms with Crippen molar-refractivity contribution in [3.05, 3.63) is 0 Å². The van der Waals surface area contributed by atoms with Crippen molar-refractivity contribution in [2.75, 3.05) is 39.3 Å². The van der Waals surface area contributed by atoms with Gasteiger partial charge in [-0.3, -0.25) is 9.89 Å². The number of likely N-dealkylation sites (tertiary alicyclic amines) is 2. The molecule has 0 aromatic carbocycles. The van der Waals surface area contributed by atoms with E-state index in [0.29, 0.717) is 31.0 Å². The van der Waals surface area contributed by atoms with Gasteiger partial charge in [-0.1, -0.05) is 6.92 Å². The SMILES string of the molecule is CCN1CCCC1CNC(N)=NCC1CCCN(C(=O)OC(C)(C)C)C1.I. The van der Waals surface area contributed by atoms with Gasteiger partial charge in [0, 0.05) is 32.2 Å². The van der Waals surface area contributed by atoms with Gasteiger partial charge in [0.15, 0.2) is 5.96 Å². The van der Waals surface area contributed by atoms with Gasteiger partial charge in [-0.05, 0) is 65.5 Å². The van der Waals surface area contributed by atoms with Crippen LogP contribution in [0.2, 0.25) is 0 Å². The molecule has 2 atom stereocenters. The molecule has 2 heterocycles. The second-order valence-electron chi connectivity index (χ2n) is 8.47. The zero-order valence-corrected chi connectivity index (χ0v) is 19.7. The largest absolute Gasteiger partial charge is 0.444 e. The lowest BCUT2D eigenvalue weighted by atomic mass is 9.98. The van der Waals surface area contributed by atoms with E-state index < -0.39 is 5.60 Å². The van der Waals surface area contributed by atoms with Crippen LogP contribution in [-0.4, -0.2) is 72.8 Å². The van der Waals surface area contributed by atoms with Crippen LogP contribution in [0, 0.1) is 5.92 Å². The lowest BCUT2D eigenvalue weighted by Crippen LogP contribution is -2.44. The number of rotatable bonds is 5. The summed E-state index contributed by atoms with van der Waals surface area (Å²) in [5.41, 5.74) is 5.59. The Morgan fingerprint density at radius 1 is 1.26 bits per heavy atom. The Labute approximate surface area is 181 Å². The van der Waals surface area contributed by atoms with Gasteiger partial charge in [0.25, 0.3) is 0 Å². The smallest absolute Gasteiger partial charge is 0.410 e. The van der Waals surface area contributed by atoms with Crippen molar-refractivity contribution >= 4 is 36.0 Å². The second kappa shape index (κ2) is 11.3. The Morgan fingerprint density at radius 2 is 1.96 bits per heavy atom. The fourth-order valence-corrected chi connectivity index (χ4v) is 3.75. The van der Waals surface area contributed by atoms with Gasteiger partial charge in [0.2, 0.25) is 0 Å². The van der Waals surface area contributed by atoms with Crippen LogP contribution in [0.4, 0.5) is 4.79 Å². The number of guanidine groups is 1. The first-order chi connectivity index (χ1) is 12.3. The van der Waals surface area contributed by atoms with Crippen molar-refractivity contribution in [2.24, 2.45) is 16.6 Å². The van der Waals surface area contributed by atoms with Crippen molar-refractivity contribution in [3.8, 4) is 0 Å². The molecule has 8 heteroatoms. The topological polar surface area (TPSA) is 83.2 Å². The highest BCUT2D eigenvalue weighted by molar-refractivity contribution is 14.0. The maximum atomic E-state index is 12.2. The predicted molar refractivity (Wildman–Crippen MR) is 121 cm³/mol. The molecule has 3 N–H and O–H groups in total. The number of nitrogens with one attached hydrogen (secondary N) is 1. The Morgan fingerprint density at radius 3 is 2.63 bits per heavy atom.